The van der Waals surface area contributed by atoms with Gasteiger partial charge in [0.2, 0.25) is 0 Å². The van der Waals surface area contributed by atoms with Gasteiger partial charge in [0.05, 0.1) is 17.4 Å². The number of nitrogens with zero attached hydrogens (tertiary/aromatic N) is 2. The zero-order chi connectivity index (χ0) is 21.3. The fourth-order valence-electron chi connectivity index (χ4n) is 2.11. The number of amides is 1. The Bertz CT molecular complexity index is 873. The number of halogens is 6. The van der Waals surface area contributed by atoms with E-state index in [9.17, 15) is 35.9 Å². The van der Waals surface area contributed by atoms with Crippen molar-refractivity contribution >= 4 is 11.9 Å². The van der Waals surface area contributed by atoms with Crippen molar-refractivity contribution < 1.29 is 45.8 Å². The molecule has 0 saturated carbocycles. The van der Waals surface area contributed by atoms with E-state index in [2.05, 4.69) is 9.84 Å². The van der Waals surface area contributed by atoms with Gasteiger partial charge in [0.15, 0.2) is 5.69 Å². The average Bonchev–Trinajstić information content (AvgIpc) is 2.99. The smallest absolute Gasteiger partial charge is 0.480 e. The summed E-state index contributed by atoms with van der Waals surface area (Å²) in [5, 5.41) is 14.1. The molecule has 1 aromatic heterocycles. The molecule has 0 aliphatic rings. The van der Waals surface area contributed by atoms with Crippen molar-refractivity contribution in [1.82, 2.24) is 15.1 Å². The van der Waals surface area contributed by atoms with Crippen LogP contribution in [-0.2, 0) is 11.0 Å². The van der Waals surface area contributed by atoms with E-state index in [1.165, 1.54) is 0 Å². The van der Waals surface area contributed by atoms with Crippen LogP contribution in [0.4, 0.5) is 26.3 Å². The summed E-state index contributed by atoms with van der Waals surface area (Å²) in [6, 6.07) is 1.85. The van der Waals surface area contributed by atoms with E-state index in [0.29, 0.717) is 10.9 Å². The highest BCUT2D eigenvalue weighted by Crippen LogP contribution is 2.34. The Morgan fingerprint density at radius 1 is 1.14 bits per heavy atom. The minimum absolute atomic E-state index is 0.299. The molecule has 0 bridgehead atoms. The molecule has 13 heteroatoms. The van der Waals surface area contributed by atoms with E-state index in [0.717, 1.165) is 31.2 Å². The molecule has 28 heavy (non-hydrogen) atoms. The van der Waals surface area contributed by atoms with Gasteiger partial charge in [0.25, 0.3) is 5.91 Å². The molecule has 152 valence electrons. The molecule has 1 unspecified atom stereocenters. The third-order valence-corrected chi connectivity index (χ3v) is 3.32. The first-order chi connectivity index (χ1) is 12.8. The number of aromatic nitrogens is 2. The summed E-state index contributed by atoms with van der Waals surface area (Å²) in [5.41, 5.74) is -2.77. The number of nitrogens with one attached hydrogen (secondary N) is 1. The van der Waals surface area contributed by atoms with Gasteiger partial charge < -0.3 is 15.2 Å². The minimum Gasteiger partial charge on any atom is -0.480 e. The van der Waals surface area contributed by atoms with Gasteiger partial charge in [-0.15, -0.1) is 13.2 Å². The molecule has 1 aromatic carbocycles. The number of carbonyl (C=O) groups excluding carboxylic acids is 1. The minimum atomic E-state index is -5.07. The number of benzene rings is 1. The Balaban J connectivity index is 2.42. The third-order valence-electron chi connectivity index (χ3n) is 3.32. The summed E-state index contributed by atoms with van der Waals surface area (Å²) in [6.07, 6.45) is -9.47. The second-order valence-electron chi connectivity index (χ2n) is 5.39. The fourth-order valence-corrected chi connectivity index (χ4v) is 2.11. The second-order valence-corrected chi connectivity index (χ2v) is 5.39. The van der Waals surface area contributed by atoms with E-state index < -0.39 is 47.5 Å². The van der Waals surface area contributed by atoms with Crippen molar-refractivity contribution in [2.75, 3.05) is 0 Å². The van der Waals surface area contributed by atoms with Crippen molar-refractivity contribution in [3.05, 3.63) is 41.7 Å². The van der Waals surface area contributed by atoms with Gasteiger partial charge in [-0.05, 0) is 31.2 Å². The average molecular weight is 411 g/mol. The number of carboxylic acids is 1. The predicted octanol–water partition coefficient (Wildman–Crippen LogP) is 2.99. The molecule has 1 atom stereocenters. The van der Waals surface area contributed by atoms with Crippen LogP contribution in [-0.4, -0.2) is 39.2 Å². The van der Waals surface area contributed by atoms with Crippen molar-refractivity contribution in [1.29, 1.82) is 0 Å². The largest absolute Gasteiger partial charge is 0.573 e. The van der Waals surface area contributed by atoms with Gasteiger partial charge >= 0.3 is 18.5 Å². The second kappa shape index (κ2) is 7.40. The van der Waals surface area contributed by atoms with Crippen molar-refractivity contribution in [2.24, 2.45) is 0 Å². The Morgan fingerprint density at radius 2 is 1.71 bits per heavy atom. The lowest BCUT2D eigenvalue weighted by atomic mass is 10.2. The van der Waals surface area contributed by atoms with Crippen LogP contribution in [0.15, 0.2) is 30.5 Å². The normalized spacial score (nSPS) is 13.1. The van der Waals surface area contributed by atoms with Crippen LogP contribution < -0.4 is 10.1 Å². The zero-order valence-corrected chi connectivity index (χ0v) is 13.8. The maximum absolute atomic E-state index is 13.5. The van der Waals surface area contributed by atoms with Gasteiger partial charge in [-0.2, -0.15) is 18.3 Å². The number of hydrogen-bond donors (Lipinski definition) is 2. The summed E-state index contributed by atoms with van der Waals surface area (Å²) in [5.74, 6) is -3.45. The number of carbonyl (C=O) groups is 2. The summed E-state index contributed by atoms with van der Waals surface area (Å²) in [7, 11) is 0. The molecule has 2 aromatic rings. The van der Waals surface area contributed by atoms with Crippen LogP contribution in [0.25, 0.3) is 5.69 Å². The zero-order valence-electron chi connectivity index (χ0n) is 13.8. The Morgan fingerprint density at radius 3 is 2.18 bits per heavy atom. The Labute approximate surface area is 152 Å². The lowest BCUT2D eigenvalue weighted by Gasteiger charge is -2.14. The maximum Gasteiger partial charge on any atom is 0.573 e. The first kappa shape index (κ1) is 21.1. The monoisotopic (exact) mass is 411 g/mol. The quantitative estimate of drug-likeness (QED) is 0.738. The molecule has 2 N–H and O–H groups in total. The lowest BCUT2D eigenvalue weighted by molar-refractivity contribution is -0.274. The van der Waals surface area contributed by atoms with Gasteiger partial charge in [0, 0.05) is 0 Å². The number of ether oxygens (including phenoxy) is 1. The summed E-state index contributed by atoms with van der Waals surface area (Å²) >= 11 is 0. The molecular weight excluding hydrogens is 400 g/mol. The summed E-state index contributed by atoms with van der Waals surface area (Å²) < 4.78 is 80.8. The highest BCUT2D eigenvalue weighted by molar-refractivity contribution is 5.97. The van der Waals surface area contributed by atoms with Gasteiger partial charge in [-0.25, -0.2) is 4.68 Å². The van der Waals surface area contributed by atoms with Crippen LogP contribution in [0.3, 0.4) is 0 Å². The lowest BCUT2D eigenvalue weighted by Crippen LogP contribution is -2.39. The van der Waals surface area contributed by atoms with Crippen molar-refractivity contribution in [3.63, 3.8) is 0 Å². The number of alkyl halides is 6. The topological polar surface area (TPSA) is 93.5 Å². The maximum atomic E-state index is 13.5. The summed E-state index contributed by atoms with van der Waals surface area (Å²) in [4.78, 5) is 22.8. The molecule has 1 heterocycles. The predicted molar refractivity (Wildman–Crippen MR) is 79.8 cm³/mol. The van der Waals surface area contributed by atoms with Gasteiger partial charge in [-0.1, -0.05) is 0 Å². The van der Waals surface area contributed by atoms with Crippen LogP contribution in [0.5, 0.6) is 5.75 Å². The molecule has 1 amide bonds. The van der Waals surface area contributed by atoms with Crippen molar-refractivity contribution in [2.45, 2.75) is 25.5 Å². The molecule has 0 aliphatic carbocycles. The SMILES string of the molecule is CC(NC(=O)c1cnn(-c2ccc(OC(F)(F)F)cc2)c1C(F)(F)F)C(=O)O. The number of rotatable bonds is 5. The van der Waals surface area contributed by atoms with E-state index in [1.54, 1.807) is 0 Å². The molecule has 0 fully saturated rings. The van der Waals surface area contributed by atoms with Crippen LogP contribution >= 0.6 is 0 Å². The van der Waals surface area contributed by atoms with Gasteiger partial charge in [0.1, 0.15) is 11.8 Å². The third kappa shape index (κ3) is 4.92. The van der Waals surface area contributed by atoms with E-state index in [1.807, 2.05) is 5.32 Å². The summed E-state index contributed by atoms with van der Waals surface area (Å²) in [6.45, 7) is 1.05. The highest BCUT2D eigenvalue weighted by Gasteiger charge is 2.41. The van der Waals surface area contributed by atoms with Crippen LogP contribution in [0.2, 0.25) is 0 Å². The van der Waals surface area contributed by atoms with E-state index >= 15 is 0 Å². The Hall–Kier alpha value is -3.25. The van der Waals surface area contributed by atoms with E-state index in [-0.39, 0.29) is 5.69 Å². The number of carboxylic acid groups (broad SMARTS) is 1. The van der Waals surface area contributed by atoms with Crippen LogP contribution in [0.1, 0.15) is 23.0 Å². The molecule has 0 saturated heterocycles. The number of hydrogen-bond acceptors (Lipinski definition) is 4. The molecule has 0 spiro atoms. The van der Waals surface area contributed by atoms with Crippen molar-refractivity contribution in [3.8, 4) is 11.4 Å². The van der Waals surface area contributed by atoms with Gasteiger partial charge in [-0.3, -0.25) is 9.59 Å². The molecule has 0 aliphatic heterocycles. The standard InChI is InChI=1S/C15H11F6N3O4/c1-7(13(26)27)23-12(25)10-6-22-24(11(10)14(16,17)18)8-2-4-9(5-3-8)28-15(19,20)21/h2-7H,1H3,(H,23,25)(H,26,27). The molecule has 0 radical (unpaired) electrons. The fraction of sp³-hybridized carbons (Fsp3) is 0.267. The Kier molecular flexibility index (Phi) is 5.57. The molecule has 2 rings (SSSR count). The number of aliphatic carboxylic acids is 1. The van der Waals surface area contributed by atoms with Crippen LogP contribution in [0, 0.1) is 0 Å². The first-order valence-corrected chi connectivity index (χ1v) is 7.34. The first-order valence-electron chi connectivity index (χ1n) is 7.34. The van der Waals surface area contributed by atoms with E-state index in [4.69, 9.17) is 5.11 Å². The molecular formula is C15H11F6N3O4. The highest BCUT2D eigenvalue weighted by atomic mass is 19.4. The molecule has 7 nitrogen and oxygen atoms in total.